The van der Waals surface area contributed by atoms with E-state index in [-0.39, 0.29) is 12.1 Å². The van der Waals surface area contributed by atoms with Crippen molar-refractivity contribution in [3.05, 3.63) is 41.7 Å². The molecule has 5 rings (SSSR count). The topological polar surface area (TPSA) is 64.6 Å². The second kappa shape index (κ2) is 10.7. The maximum Gasteiger partial charge on any atom is 0.317 e. The molecule has 0 bridgehead atoms. The molecular weight excluding hydrogens is 480 g/mol. The molecular formula is C26H33ClN6OS. The highest BCUT2D eigenvalue weighted by Gasteiger charge is 2.26. The summed E-state index contributed by atoms with van der Waals surface area (Å²) in [7, 11) is 0. The summed E-state index contributed by atoms with van der Waals surface area (Å²) >= 11 is 7.77. The molecule has 0 unspecified atom stereocenters. The van der Waals surface area contributed by atoms with Gasteiger partial charge < -0.3 is 20.0 Å². The van der Waals surface area contributed by atoms with Crippen molar-refractivity contribution < 1.29 is 4.79 Å². The van der Waals surface area contributed by atoms with Gasteiger partial charge in [0, 0.05) is 61.3 Å². The Labute approximate surface area is 216 Å². The van der Waals surface area contributed by atoms with Crippen LogP contribution in [-0.2, 0) is 0 Å². The van der Waals surface area contributed by atoms with Gasteiger partial charge in [0.1, 0.15) is 12.1 Å². The molecule has 35 heavy (non-hydrogen) atoms. The summed E-state index contributed by atoms with van der Waals surface area (Å²) in [6.07, 6.45) is 4.61. The maximum atomic E-state index is 13.0. The van der Waals surface area contributed by atoms with Crippen molar-refractivity contribution in [3.63, 3.8) is 0 Å². The number of carbonyl (C=O) groups excluding carboxylic acids is 1. The van der Waals surface area contributed by atoms with Crippen LogP contribution in [0.2, 0.25) is 5.02 Å². The van der Waals surface area contributed by atoms with Crippen molar-refractivity contribution in [2.24, 2.45) is 0 Å². The number of anilines is 1. The summed E-state index contributed by atoms with van der Waals surface area (Å²) in [6.45, 7) is 9.68. The Balaban J connectivity index is 1.24. The maximum absolute atomic E-state index is 13.0. The number of aromatic nitrogens is 2. The molecule has 2 fully saturated rings. The Hall–Kier alpha value is -2.42. The lowest BCUT2D eigenvalue weighted by atomic mass is 10.0. The van der Waals surface area contributed by atoms with E-state index in [0.29, 0.717) is 12.6 Å². The highest BCUT2D eigenvalue weighted by molar-refractivity contribution is 7.22. The number of thiophene rings is 1. The fourth-order valence-electron chi connectivity index (χ4n) is 4.98. The van der Waals surface area contributed by atoms with E-state index >= 15 is 0 Å². The average molecular weight is 513 g/mol. The number of piperidine rings is 1. The Morgan fingerprint density at radius 1 is 1.06 bits per heavy atom. The molecule has 1 N–H and O–H groups in total. The Kier molecular flexibility index (Phi) is 7.41. The fraction of sp³-hybridized carbons (Fsp3) is 0.500. The molecule has 3 aromatic rings. The third kappa shape index (κ3) is 5.55. The van der Waals surface area contributed by atoms with Gasteiger partial charge in [-0.2, -0.15) is 0 Å². The van der Waals surface area contributed by atoms with Gasteiger partial charge in [-0.25, -0.2) is 14.8 Å². The number of urea groups is 1. The number of rotatable bonds is 4. The number of nitrogens with one attached hydrogen (secondary N) is 1. The minimum absolute atomic E-state index is 0.0730. The number of fused-ring (bicyclic) bond motifs is 1. The molecule has 2 saturated heterocycles. The molecule has 0 atom stereocenters. The highest BCUT2D eigenvalue weighted by atomic mass is 35.5. The molecule has 0 saturated carbocycles. The average Bonchev–Trinajstić information content (AvgIpc) is 3.14. The number of halogens is 1. The van der Waals surface area contributed by atoms with Gasteiger partial charge in [0.15, 0.2) is 0 Å². The molecule has 2 aromatic heterocycles. The van der Waals surface area contributed by atoms with Crippen LogP contribution in [0.5, 0.6) is 0 Å². The predicted octanol–water partition coefficient (Wildman–Crippen LogP) is 5.11. The highest BCUT2D eigenvalue weighted by Crippen LogP contribution is 2.37. The quantitative estimate of drug-likeness (QED) is 0.526. The normalized spacial score (nSPS) is 18.3. The molecule has 2 aliphatic rings. The van der Waals surface area contributed by atoms with E-state index in [1.807, 2.05) is 29.2 Å². The van der Waals surface area contributed by atoms with Crippen molar-refractivity contribution in [2.75, 3.05) is 44.2 Å². The molecule has 186 valence electrons. The van der Waals surface area contributed by atoms with Gasteiger partial charge in [0.05, 0.1) is 10.2 Å². The largest absolute Gasteiger partial charge is 0.353 e. The van der Waals surface area contributed by atoms with Crippen molar-refractivity contribution in [2.45, 2.75) is 45.2 Å². The van der Waals surface area contributed by atoms with Crippen molar-refractivity contribution >= 4 is 45.0 Å². The van der Waals surface area contributed by atoms with Crippen LogP contribution in [0.1, 0.15) is 33.1 Å². The Bertz CT molecular complexity index is 1160. The number of hydrogen-bond donors (Lipinski definition) is 1. The lowest BCUT2D eigenvalue weighted by Crippen LogP contribution is -2.50. The lowest BCUT2D eigenvalue weighted by Gasteiger charge is -2.35. The van der Waals surface area contributed by atoms with Crippen LogP contribution in [0.15, 0.2) is 36.7 Å². The standard InChI is InChI=1S/C26H33ClN6OS/c1-18(2)31-12-8-21(9-13-31)30-26(34)33-11-3-10-32(14-15-33)25-24-22(28-17-29-25)16-23(35-24)19-4-6-20(27)7-5-19/h4-7,16-18,21H,3,8-15H2,1-2H3,(H,30,34). The van der Waals surface area contributed by atoms with Crippen molar-refractivity contribution in [1.29, 1.82) is 0 Å². The van der Waals surface area contributed by atoms with E-state index in [9.17, 15) is 4.79 Å². The first-order valence-corrected chi connectivity index (χ1v) is 13.7. The molecule has 7 nitrogen and oxygen atoms in total. The second-order valence-electron chi connectivity index (χ2n) is 9.71. The van der Waals surface area contributed by atoms with E-state index < -0.39 is 0 Å². The van der Waals surface area contributed by atoms with Crippen LogP contribution in [0.3, 0.4) is 0 Å². The SMILES string of the molecule is CC(C)N1CCC(NC(=O)N2CCCN(c3ncnc4cc(-c5ccc(Cl)cc5)sc34)CC2)CC1. The van der Waals surface area contributed by atoms with Crippen molar-refractivity contribution in [1.82, 2.24) is 25.1 Å². The van der Waals surface area contributed by atoms with Crippen LogP contribution in [0.25, 0.3) is 20.7 Å². The number of likely N-dealkylation sites (tertiary alicyclic amines) is 1. The summed E-state index contributed by atoms with van der Waals surface area (Å²) in [5.74, 6) is 0.962. The van der Waals surface area contributed by atoms with Crippen LogP contribution in [0.4, 0.5) is 10.6 Å². The van der Waals surface area contributed by atoms with Gasteiger partial charge >= 0.3 is 6.03 Å². The zero-order valence-corrected chi connectivity index (χ0v) is 22.0. The van der Waals surface area contributed by atoms with E-state index in [1.165, 1.54) is 0 Å². The van der Waals surface area contributed by atoms with Gasteiger partial charge in [-0.05, 0) is 56.9 Å². The Morgan fingerprint density at radius 2 is 1.83 bits per heavy atom. The first-order valence-electron chi connectivity index (χ1n) is 12.5. The first-order chi connectivity index (χ1) is 17.0. The van der Waals surface area contributed by atoms with E-state index in [0.717, 1.165) is 83.5 Å². The first kappa shape index (κ1) is 24.3. The number of amides is 2. The Morgan fingerprint density at radius 3 is 2.57 bits per heavy atom. The van der Waals surface area contributed by atoms with Gasteiger partial charge in [0.25, 0.3) is 0 Å². The zero-order valence-electron chi connectivity index (χ0n) is 20.4. The third-order valence-corrected chi connectivity index (χ3v) is 8.51. The summed E-state index contributed by atoms with van der Waals surface area (Å²) in [5, 5.41) is 4.03. The summed E-state index contributed by atoms with van der Waals surface area (Å²) in [5.41, 5.74) is 2.08. The van der Waals surface area contributed by atoms with E-state index in [1.54, 1.807) is 17.7 Å². The summed E-state index contributed by atoms with van der Waals surface area (Å²) in [6, 6.07) is 10.9. The smallest absolute Gasteiger partial charge is 0.317 e. The summed E-state index contributed by atoms with van der Waals surface area (Å²) in [4.78, 5) is 30.1. The number of benzene rings is 1. The molecule has 0 aliphatic carbocycles. The second-order valence-corrected chi connectivity index (χ2v) is 11.2. The fourth-order valence-corrected chi connectivity index (χ4v) is 6.24. The van der Waals surface area contributed by atoms with E-state index in [4.69, 9.17) is 11.6 Å². The lowest BCUT2D eigenvalue weighted by molar-refractivity contribution is 0.153. The van der Waals surface area contributed by atoms with Gasteiger partial charge in [-0.3, -0.25) is 0 Å². The van der Waals surface area contributed by atoms with Crippen LogP contribution < -0.4 is 10.2 Å². The van der Waals surface area contributed by atoms with Crippen LogP contribution in [-0.4, -0.2) is 77.2 Å². The predicted molar refractivity (Wildman–Crippen MR) is 145 cm³/mol. The molecule has 2 amide bonds. The molecule has 0 spiro atoms. The van der Waals surface area contributed by atoms with Crippen LogP contribution in [0, 0.1) is 0 Å². The van der Waals surface area contributed by atoms with Crippen molar-refractivity contribution in [3.8, 4) is 10.4 Å². The number of hydrogen-bond acceptors (Lipinski definition) is 6. The molecule has 9 heteroatoms. The molecule has 1 aromatic carbocycles. The van der Waals surface area contributed by atoms with Gasteiger partial charge in [0.2, 0.25) is 0 Å². The van der Waals surface area contributed by atoms with Gasteiger partial charge in [-0.1, -0.05) is 23.7 Å². The monoisotopic (exact) mass is 512 g/mol. The minimum atomic E-state index is 0.0730. The minimum Gasteiger partial charge on any atom is -0.353 e. The molecule has 0 radical (unpaired) electrons. The van der Waals surface area contributed by atoms with Crippen LogP contribution >= 0.6 is 22.9 Å². The number of carbonyl (C=O) groups is 1. The third-order valence-electron chi connectivity index (χ3n) is 7.09. The molecule has 2 aliphatic heterocycles. The zero-order chi connectivity index (χ0) is 24.4. The molecule has 4 heterocycles. The summed E-state index contributed by atoms with van der Waals surface area (Å²) < 4.78 is 1.09. The van der Waals surface area contributed by atoms with E-state index in [2.05, 4.69) is 45.0 Å². The number of nitrogens with zero attached hydrogens (tertiary/aromatic N) is 5. The van der Waals surface area contributed by atoms with Gasteiger partial charge in [-0.15, -0.1) is 11.3 Å².